The number of aliphatic hydroxyl groups is 1. The average Bonchev–Trinajstić information content (AvgIpc) is 3.04. The summed E-state index contributed by atoms with van der Waals surface area (Å²) in [5.74, 6) is -0.551. The summed E-state index contributed by atoms with van der Waals surface area (Å²) in [4.78, 5) is 15.2. The molecule has 0 unspecified atom stereocenters. The van der Waals surface area contributed by atoms with Crippen LogP contribution in [0.25, 0.3) is 10.9 Å². The van der Waals surface area contributed by atoms with Crippen molar-refractivity contribution < 1.29 is 23.4 Å². The Bertz CT molecular complexity index is 1250. The van der Waals surface area contributed by atoms with Crippen molar-refractivity contribution in [2.45, 2.75) is 18.7 Å². The quantitative estimate of drug-likeness (QED) is 0.351. The first kappa shape index (κ1) is 22.4. The van der Waals surface area contributed by atoms with E-state index in [1.165, 1.54) is 24.3 Å². The van der Waals surface area contributed by atoms with Crippen molar-refractivity contribution in [3.05, 3.63) is 48.0 Å². The van der Waals surface area contributed by atoms with E-state index >= 15 is 0 Å². The number of azo groups is 1. The number of hydrogen-bond donors (Lipinski definition) is 5. The summed E-state index contributed by atoms with van der Waals surface area (Å²) >= 11 is 0. The molecule has 3 rings (SSSR count). The lowest BCUT2D eigenvalue weighted by molar-refractivity contribution is 0.0911. The molecule has 0 aliphatic rings. The maximum absolute atomic E-state index is 12.5. The Morgan fingerprint density at radius 1 is 1.16 bits per heavy atom. The molecule has 0 radical (unpaired) electrons. The molecule has 1 aromatic heterocycles. The van der Waals surface area contributed by atoms with Gasteiger partial charge in [-0.1, -0.05) is 13.8 Å². The van der Waals surface area contributed by atoms with Gasteiger partial charge in [-0.3, -0.25) is 4.79 Å². The third-order valence-corrected chi connectivity index (χ3v) is 5.53. The largest absolute Gasteiger partial charge is 0.493 e. The van der Waals surface area contributed by atoms with Crippen LogP contribution in [0.4, 0.5) is 11.4 Å². The molecule has 0 fully saturated rings. The number of aromatic amines is 1. The van der Waals surface area contributed by atoms with Gasteiger partial charge in [-0.05, 0) is 42.5 Å². The molecule has 0 saturated carbocycles. The van der Waals surface area contributed by atoms with Crippen LogP contribution in [-0.4, -0.2) is 42.7 Å². The Kier molecular flexibility index (Phi) is 6.11. The number of H-pyrrole nitrogens is 1. The van der Waals surface area contributed by atoms with Crippen molar-refractivity contribution >= 4 is 38.2 Å². The second-order valence-corrected chi connectivity index (χ2v) is 9.39. The van der Waals surface area contributed by atoms with E-state index in [0.29, 0.717) is 28.7 Å². The van der Waals surface area contributed by atoms with Crippen LogP contribution in [0.1, 0.15) is 24.2 Å². The van der Waals surface area contributed by atoms with E-state index in [4.69, 9.17) is 5.14 Å². The molecule has 3 aromatic rings. The van der Waals surface area contributed by atoms with Crippen molar-refractivity contribution in [1.82, 2.24) is 10.3 Å². The molecule has 31 heavy (non-hydrogen) atoms. The predicted molar refractivity (Wildman–Crippen MR) is 115 cm³/mol. The number of rotatable bonds is 7. The molecular weight excluding hydrogens is 422 g/mol. The van der Waals surface area contributed by atoms with Gasteiger partial charge in [0.2, 0.25) is 15.9 Å². The Hall–Kier alpha value is -3.28. The van der Waals surface area contributed by atoms with Gasteiger partial charge in [0, 0.05) is 29.5 Å². The number of benzene rings is 2. The maximum atomic E-state index is 12.5. The molecule has 11 heteroatoms. The minimum absolute atomic E-state index is 0.0542. The fourth-order valence-corrected chi connectivity index (χ4v) is 3.21. The smallest absolute Gasteiger partial charge is 0.251 e. The van der Waals surface area contributed by atoms with Crippen molar-refractivity contribution in [2.75, 3.05) is 13.2 Å². The molecule has 0 atom stereocenters. The number of carbonyl (C=O) groups is 1. The average molecular weight is 446 g/mol. The molecule has 0 aliphatic carbocycles. The van der Waals surface area contributed by atoms with Crippen LogP contribution in [0, 0.1) is 5.41 Å². The highest BCUT2D eigenvalue weighted by molar-refractivity contribution is 7.89. The topological polar surface area (TPSA) is 170 Å². The summed E-state index contributed by atoms with van der Waals surface area (Å²) in [5, 5.41) is 35.9. The summed E-state index contributed by atoms with van der Waals surface area (Å²) in [6.45, 7) is 3.88. The van der Waals surface area contributed by atoms with Crippen molar-refractivity contribution in [3.63, 3.8) is 0 Å². The van der Waals surface area contributed by atoms with Crippen LogP contribution in [-0.2, 0) is 10.0 Å². The highest BCUT2D eigenvalue weighted by Gasteiger charge is 2.19. The summed E-state index contributed by atoms with van der Waals surface area (Å²) in [6.07, 6.45) is 0. The summed E-state index contributed by atoms with van der Waals surface area (Å²) < 4.78 is 22.7. The van der Waals surface area contributed by atoms with E-state index in [1.807, 2.05) is 13.8 Å². The number of hydrogen-bond acceptors (Lipinski definition) is 7. The van der Waals surface area contributed by atoms with E-state index in [1.54, 1.807) is 18.2 Å². The van der Waals surface area contributed by atoms with Crippen molar-refractivity contribution in [1.29, 1.82) is 0 Å². The highest BCUT2D eigenvalue weighted by Crippen LogP contribution is 2.37. The molecule has 2 aromatic carbocycles. The van der Waals surface area contributed by atoms with Crippen molar-refractivity contribution in [3.8, 4) is 5.88 Å². The van der Waals surface area contributed by atoms with Gasteiger partial charge in [-0.15, -0.1) is 5.11 Å². The predicted octanol–water partition coefficient (Wildman–Crippen LogP) is 2.68. The zero-order valence-corrected chi connectivity index (χ0v) is 17.8. The third-order valence-electron chi connectivity index (χ3n) is 4.60. The number of amides is 1. The van der Waals surface area contributed by atoms with E-state index < -0.39 is 15.4 Å². The number of nitrogens with one attached hydrogen (secondary N) is 2. The monoisotopic (exact) mass is 445 g/mol. The minimum atomic E-state index is -3.81. The number of aromatic hydroxyl groups is 1. The molecule has 6 N–H and O–H groups in total. The van der Waals surface area contributed by atoms with E-state index in [9.17, 15) is 23.4 Å². The van der Waals surface area contributed by atoms with Crippen LogP contribution in [0.2, 0.25) is 0 Å². The van der Waals surface area contributed by atoms with Gasteiger partial charge in [-0.2, -0.15) is 5.11 Å². The van der Waals surface area contributed by atoms with Gasteiger partial charge in [0.05, 0.1) is 16.1 Å². The Morgan fingerprint density at radius 3 is 2.45 bits per heavy atom. The van der Waals surface area contributed by atoms with Crippen LogP contribution in [0.5, 0.6) is 5.88 Å². The zero-order chi connectivity index (χ0) is 22.8. The number of nitrogens with zero attached hydrogens (tertiary/aromatic N) is 2. The van der Waals surface area contributed by atoms with Gasteiger partial charge >= 0.3 is 0 Å². The van der Waals surface area contributed by atoms with Crippen LogP contribution in [0.3, 0.4) is 0 Å². The summed E-state index contributed by atoms with van der Waals surface area (Å²) in [5.41, 5.74) is 0.944. The highest BCUT2D eigenvalue weighted by atomic mass is 32.2. The Balaban J connectivity index is 1.87. The number of aliphatic hydroxyl groups excluding tert-OH is 1. The number of nitrogens with two attached hydrogens (primary N) is 1. The summed E-state index contributed by atoms with van der Waals surface area (Å²) in [7, 11) is -3.81. The van der Waals surface area contributed by atoms with Gasteiger partial charge in [0.1, 0.15) is 0 Å². The van der Waals surface area contributed by atoms with E-state index in [2.05, 4.69) is 20.5 Å². The van der Waals surface area contributed by atoms with Crippen LogP contribution >= 0.6 is 0 Å². The normalized spacial score (nSPS) is 12.5. The zero-order valence-electron chi connectivity index (χ0n) is 17.0. The van der Waals surface area contributed by atoms with Gasteiger partial charge in [0.15, 0.2) is 5.69 Å². The first-order chi connectivity index (χ1) is 14.5. The lowest BCUT2D eigenvalue weighted by Crippen LogP contribution is -2.36. The molecule has 0 aliphatic heterocycles. The number of aromatic nitrogens is 1. The lowest BCUT2D eigenvalue weighted by atomic mass is 9.95. The molecule has 0 saturated heterocycles. The molecule has 164 valence electrons. The molecular formula is C20H23N5O5S. The number of fused-ring (bicyclic) bond motifs is 1. The second-order valence-electron chi connectivity index (χ2n) is 7.83. The Labute approximate surface area is 178 Å². The van der Waals surface area contributed by atoms with Gasteiger partial charge < -0.3 is 20.5 Å². The summed E-state index contributed by atoms with van der Waals surface area (Å²) in [6, 6.07) is 10.3. The van der Waals surface area contributed by atoms with E-state index in [0.717, 1.165) is 0 Å². The lowest BCUT2D eigenvalue weighted by Gasteiger charge is -2.21. The molecule has 0 bridgehead atoms. The maximum Gasteiger partial charge on any atom is 0.251 e. The standard InChI is InChI=1S/C20H23N5O5S/c1-20(2,11-26)10-22-18(27)12-3-8-16-15(9-12)17(19(28)23-16)25-24-13-4-6-14(7-5-13)31(21,29)30/h3-9,23,26,28H,10-11H2,1-2H3,(H,22,27)(H2,21,29,30). The third kappa shape index (κ3) is 5.26. The molecule has 1 amide bonds. The fraction of sp³-hybridized carbons (Fsp3) is 0.250. The number of sulfonamides is 1. The van der Waals surface area contributed by atoms with Crippen LogP contribution in [0.15, 0.2) is 57.6 Å². The number of carbonyl (C=O) groups excluding carboxylic acids is 1. The minimum Gasteiger partial charge on any atom is -0.493 e. The first-order valence-electron chi connectivity index (χ1n) is 9.28. The SMILES string of the molecule is CC(C)(CO)CNC(=O)c1ccc2[nH]c(O)c(N=Nc3ccc(S(N)(=O)=O)cc3)c2c1. The van der Waals surface area contributed by atoms with Gasteiger partial charge in [0.25, 0.3) is 5.91 Å². The number of primary sulfonamides is 1. The Morgan fingerprint density at radius 2 is 1.84 bits per heavy atom. The molecule has 1 heterocycles. The van der Waals surface area contributed by atoms with Crippen molar-refractivity contribution in [2.24, 2.45) is 20.8 Å². The van der Waals surface area contributed by atoms with Gasteiger partial charge in [-0.25, -0.2) is 13.6 Å². The second kappa shape index (κ2) is 8.46. The van der Waals surface area contributed by atoms with E-state index in [-0.39, 0.29) is 29.0 Å². The fourth-order valence-electron chi connectivity index (χ4n) is 2.69. The van der Waals surface area contributed by atoms with Crippen LogP contribution < -0.4 is 10.5 Å². The molecule has 0 spiro atoms. The first-order valence-corrected chi connectivity index (χ1v) is 10.8. The molecule has 10 nitrogen and oxygen atoms in total.